The van der Waals surface area contributed by atoms with Gasteiger partial charge in [-0.1, -0.05) is 12.1 Å². The van der Waals surface area contributed by atoms with Gasteiger partial charge in [0.25, 0.3) is 0 Å². The second-order valence-corrected chi connectivity index (χ2v) is 3.22. The van der Waals surface area contributed by atoms with Crippen molar-refractivity contribution in [2.75, 3.05) is 19.7 Å². The molecule has 0 aliphatic heterocycles. The highest BCUT2D eigenvalue weighted by atomic mass is 16.5. The van der Waals surface area contributed by atoms with Gasteiger partial charge in [-0.2, -0.15) is 0 Å². The second kappa shape index (κ2) is 6.03. The second-order valence-electron chi connectivity index (χ2n) is 3.22. The van der Waals surface area contributed by atoms with Crippen LogP contribution in [-0.4, -0.2) is 25.6 Å². The van der Waals surface area contributed by atoms with E-state index in [2.05, 4.69) is 5.32 Å². The summed E-state index contributed by atoms with van der Waals surface area (Å²) in [6, 6.07) is 7.77. The van der Waals surface area contributed by atoms with Crippen LogP contribution in [0.5, 0.6) is 5.75 Å². The van der Waals surface area contributed by atoms with Crippen LogP contribution in [0.3, 0.4) is 0 Å². The lowest BCUT2D eigenvalue weighted by atomic mass is 10.2. The van der Waals surface area contributed by atoms with Crippen molar-refractivity contribution in [2.24, 2.45) is 5.73 Å². The van der Waals surface area contributed by atoms with Crippen LogP contribution in [0.4, 0.5) is 0 Å². The van der Waals surface area contributed by atoms with Crippen molar-refractivity contribution in [3.05, 3.63) is 29.8 Å². The number of carbonyl (C=O) groups is 1. The zero-order chi connectivity index (χ0) is 11.1. The maximum atomic E-state index is 10.8. The van der Waals surface area contributed by atoms with E-state index in [0.717, 1.165) is 11.3 Å². The third-order valence-electron chi connectivity index (χ3n) is 1.87. The fraction of sp³-hybridized carbons (Fsp3) is 0.364. The zero-order valence-corrected chi connectivity index (χ0v) is 8.82. The highest BCUT2D eigenvalue weighted by molar-refractivity contribution is 5.77. The van der Waals surface area contributed by atoms with E-state index in [0.29, 0.717) is 13.2 Å². The average Bonchev–Trinajstić information content (AvgIpc) is 2.24. The minimum atomic E-state index is -0.164. The molecular formula is C11H16N2O2. The molecule has 0 heterocycles. The minimum absolute atomic E-state index is 0.0183. The van der Waals surface area contributed by atoms with Crippen LogP contribution in [0.25, 0.3) is 0 Å². The van der Waals surface area contributed by atoms with Crippen LogP contribution < -0.4 is 15.8 Å². The smallest absolute Gasteiger partial charge is 0.233 e. The SMILES string of the molecule is Cc1cccc(OCCNC(=O)CN)c1. The van der Waals surface area contributed by atoms with Crippen molar-refractivity contribution in [3.8, 4) is 5.75 Å². The summed E-state index contributed by atoms with van der Waals surface area (Å²) in [5, 5.41) is 2.63. The monoisotopic (exact) mass is 208 g/mol. The number of amides is 1. The molecule has 4 nitrogen and oxygen atoms in total. The molecule has 0 saturated heterocycles. The third kappa shape index (κ3) is 4.46. The van der Waals surface area contributed by atoms with Gasteiger partial charge >= 0.3 is 0 Å². The molecule has 0 unspecified atom stereocenters. The predicted molar refractivity (Wildman–Crippen MR) is 58.7 cm³/mol. The number of benzene rings is 1. The van der Waals surface area contributed by atoms with Crippen LogP contribution in [-0.2, 0) is 4.79 Å². The third-order valence-corrected chi connectivity index (χ3v) is 1.87. The van der Waals surface area contributed by atoms with Crippen LogP contribution in [0.2, 0.25) is 0 Å². The number of nitrogens with two attached hydrogens (primary N) is 1. The number of nitrogens with one attached hydrogen (secondary N) is 1. The lowest BCUT2D eigenvalue weighted by molar-refractivity contribution is -0.119. The van der Waals surface area contributed by atoms with E-state index < -0.39 is 0 Å². The summed E-state index contributed by atoms with van der Waals surface area (Å²) in [4.78, 5) is 10.8. The van der Waals surface area contributed by atoms with Crippen LogP contribution >= 0.6 is 0 Å². The minimum Gasteiger partial charge on any atom is -0.492 e. The first-order valence-corrected chi connectivity index (χ1v) is 4.88. The van der Waals surface area contributed by atoms with E-state index in [9.17, 15) is 4.79 Å². The molecule has 0 aromatic heterocycles. The number of hydrogen-bond donors (Lipinski definition) is 2. The van der Waals surface area contributed by atoms with E-state index in [1.807, 2.05) is 31.2 Å². The molecule has 0 aliphatic carbocycles. The summed E-state index contributed by atoms with van der Waals surface area (Å²) in [5.74, 6) is 0.653. The Morgan fingerprint density at radius 2 is 2.33 bits per heavy atom. The first-order valence-electron chi connectivity index (χ1n) is 4.88. The van der Waals surface area contributed by atoms with Crippen LogP contribution in [0.15, 0.2) is 24.3 Å². The number of rotatable bonds is 5. The summed E-state index contributed by atoms with van der Waals surface area (Å²) in [6.45, 7) is 2.95. The van der Waals surface area contributed by atoms with Crippen molar-refractivity contribution in [2.45, 2.75) is 6.92 Å². The standard InChI is InChI=1S/C11H16N2O2/c1-9-3-2-4-10(7-9)15-6-5-13-11(14)8-12/h2-4,7H,5-6,8,12H2,1H3,(H,13,14). The van der Waals surface area contributed by atoms with Gasteiger partial charge in [0.05, 0.1) is 13.1 Å². The molecule has 0 saturated carbocycles. The van der Waals surface area contributed by atoms with Crippen molar-refractivity contribution < 1.29 is 9.53 Å². The highest BCUT2D eigenvalue weighted by Gasteiger charge is 1.96. The van der Waals surface area contributed by atoms with Crippen LogP contribution in [0, 0.1) is 6.92 Å². The molecule has 82 valence electrons. The number of ether oxygens (including phenoxy) is 1. The molecule has 1 rings (SSSR count). The maximum Gasteiger partial charge on any atom is 0.233 e. The summed E-state index contributed by atoms with van der Waals surface area (Å²) in [7, 11) is 0. The van der Waals surface area contributed by atoms with Gasteiger partial charge in [-0.15, -0.1) is 0 Å². The number of carbonyl (C=O) groups excluding carboxylic acids is 1. The topological polar surface area (TPSA) is 64.3 Å². The summed E-state index contributed by atoms with van der Waals surface area (Å²) in [6.07, 6.45) is 0. The fourth-order valence-corrected chi connectivity index (χ4v) is 1.14. The highest BCUT2D eigenvalue weighted by Crippen LogP contribution is 2.11. The van der Waals surface area contributed by atoms with Crippen molar-refractivity contribution >= 4 is 5.91 Å². The van der Waals surface area contributed by atoms with Gasteiger partial charge in [0.2, 0.25) is 5.91 Å². The van der Waals surface area contributed by atoms with Gasteiger partial charge in [-0.25, -0.2) is 0 Å². The van der Waals surface area contributed by atoms with Crippen molar-refractivity contribution in [1.29, 1.82) is 0 Å². The molecule has 0 fully saturated rings. The van der Waals surface area contributed by atoms with E-state index >= 15 is 0 Å². The Morgan fingerprint density at radius 3 is 3.00 bits per heavy atom. The van der Waals surface area contributed by atoms with E-state index in [1.165, 1.54) is 0 Å². The molecule has 0 spiro atoms. The number of aryl methyl sites for hydroxylation is 1. The molecule has 0 aliphatic rings. The van der Waals surface area contributed by atoms with Gasteiger partial charge in [0.1, 0.15) is 12.4 Å². The van der Waals surface area contributed by atoms with Crippen LogP contribution in [0.1, 0.15) is 5.56 Å². The summed E-state index contributed by atoms with van der Waals surface area (Å²) < 4.78 is 5.43. The van der Waals surface area contributed by atoms with Gasteiger partial charge in [-0.05, 0) is 24.6 Å². The molecule has 0 bridgehead atoms. The molecule has 1 aromatic rings. The average molecular weight is 208 g/mol. The fourth-order valence-electron chi connectivity index (χ4n) is 1.14. The Bertz CT molecular complexity index is 326. The van der Waals surface area contributed by atoms with Crippen molar-refractivity contribution in [3.63, 3.8) is 0 Å². The van der Waals surface area contributed by atoms with Gasteiger partial charge in [0, 0.05) is 0 Å². The largest absolute Gasteiger partial charge is 0.492 e. The summed E-state index contributed by atoms with van der Waals surface area (Å²) >= 11 is 0. The molecule has 15 heavy (non-hydrogen) atoms. The lowest BCUT2D eigenvalue weighted by Gasteiger charge is -2.07. The molecule has 4 heteroatoms. The first kappa shape index (κ1) is 11.5. The van der Waals surface area contributed by atoms with Gasteiger partial charge < -0.3 is 15.8 Å². The molecule has 0 atom stereocenters. The Hall–Kier alpha value is -1.55. The molecular weight excluding hydrogens is 192 g/mol. The van der Waals surface area contributed by atoms with Crippen molar-refractivity contribution in [1.82, 2.24) is 5.32 Å². The predicted octanol–water partition coefficient (Wildman–Crippen LogP) is 0.449. The Morgan fingerprint density at radius 1 is 1.53 bits per heavy atom. The Labute approximate surface area is 89.4 Å². The maximum absolute atomic E-state index is 10.8. The van der Waals surface area contributed by atoms with E-state index in [-0.39, 0.29) is 12.5 Å². The molecule has 1 amide bonds. The van der Waals surface area contributed by atoms with E-state index in [4.69, 9.17) is 10.5 Å². The Balaban J connectivity index is 2.23. The van der Waals surface area contributed by atoms with Gasteiger partial charge in [-0.3, -0.25) is 4.79 Å². The lowest BCUT2D eigenvalue weighted by Crippen LogP contribution is -2.33. The zero-order valence-electron chi connectivity index (χ0n) is 8.82. The van der Waals surface area contributed by atoms with E-state index in [1.54, 1.807) is 0 Å². The normalized spacial score (nSPS) is 9.73. The molecule has 0 radical (unpaired) electrons. The molecule has 1 aromatic carbocycles. The first-order chi connectivity index (χ1) is 7.22. The van der Waals surface area contributed by atoms with Gasteiger partial charge in [0.15, 0.2) is 0 Å². The summed E-state index contributed by atoms with van der Waals surface area (Å²) in [5.41, 5.74) is 6.28. The quantitative estimate of drug-likeness (QED) is 0.690. The number of hydrogen-bond acceptors (Lipinski definition) is 3. The Kier molecular flexibility index (Phi) is 4.63. The molecule has 3 N–H and O–H groups in total.